The molecule has 0 bridgehead atoms. The van der Waals surface area contributed by atoms with Crippen molar-refractivity contribution in [1.82, 2.24) is 5.32 Å². The first-order valence-corrected chi connectivity index (χ1v) is 9.61. The highest BCUT2D eigenvalue weighted by Crippen LogP contribution is 2.36. The Balaban J connectivity index is 1.78. The summed E-state index contributed by atoms with van der Waals surface area (Å²) in [6.45, 7) is 0.202. The summed E-state index contributed by atoms with van der Waals surface area (Å²) >= 11 is 1.54. The topological polar surface area (TPSA) is 58.6 Å². The number of carbonyl (C=O) groups excluding carboxylic acids is 1. The molecule has 0 spiro atoms. The predicted molar refractivity (Wildman–Crippen MR) is 100 cm³/mol. The summed E-state index contributed by atoms with van der Waals surface area (Å²) in [5.74, 6) is 0.639. The minimum atomic E-state index is -1.04. The SMILES string of the molecule is COc1ccc2c(c1)CCCC2(O)CNC(=O)c1ccccc1SC. The van der Waals surface area contributed by atoms with Crippen LogP contribution in [0.25, 0.3) is 0 Å². The molecule has 0 radical (unpaired) electrons. The van der Waals surface area contributed by atoms with Crippen LogP contribution in [0.2, 0.25) is 0 Å². The number of methoxy groups -OCH3 is 1. The Bertz CT molecular complexity index is 777. The minimum absolute atomic E-state index is 0.154. The van der Waals surface area contributed by atoms with E-state index in [0.717, 1.165) is 34.6 Å². The second-order valence-electron chi connectivity index (χ2n) is 6.29. The number of rotatable bonds is 5. The molecule has 2 aromatic rings. The molecule has 1 amide bonds. The quantitative estimate of drug-likeness (QED) is 0.806. The highest BCUT2D eigenvalue weighted by Gasteiger charge is 2.35. The van der Waals surface area contributed by atoms with Crippen LogP contribution in [-0.2, 0) is 12.0 Å². The molecule has 0 aromatic heterocycles. The second-order valence-corrected chi connectivity index (χ2v) is 7.14. The molecule has 5 heteroatoms. The van der Waals surface area contributed by atoms with Crippen molar-refractivity contribution in [2.75, 3.05) is 19.9 Å². The highest BCUT2D eigenvalue weighted by molar-refractivity contribution is 7.98. The van der Waals surface area contributed by atoms with Crippen LogP contribution in [-0.4, -0.2) is 30.9 Å². The Morgan fingerprint density at radius 2 is 2.12 bits per heavy atom. The molecule has 25 heavy (non-hydrogen) atoms. The number of ether oxygens (including phenoxy) is 1. The Kier molecular flexibility index (Phi) is 5.35. The Morgan fingerprint density at radius 3 is 2.88 bits per heavy atom. The number of aliphatic hydroxyl groups is 1. The van der Waals surface area contributed by atoms with Gasteiger partial charge in [-0.1, -0.05) is 18.2 Å². The van der Waals surface area contributed by atoms with Gasteiger partial charge in [0.05, 0.1) is 19.2 Å². The summed E-state index contributed by atoms with van der Waals surface area (Å²) in [6.07, 6.45) is 4.38. The standard InChI is InChI=1S/C20H23NO3S/c1-24-15-9-10-17-14(12-15)6-5-11-20(17,23)13-21-19(22)16-7-3-4-8-18(16)25-2/h3-4,7-10,12,23H,5-6,11,13H2,1-2H3,(H,21,22). The first kappa shape index (κ1) is 17.8. The molecule has 3 rings (SSSR count). The molecule has 1 atom stereocenters. The summed E-state index contributed by atoms with van der Waals surface area (Å²) in [7, 11) is 1.64. The molecule has 132 valence electrons. The molecular weight excluding hydrogens is 334 g/mol. The Hall–Kier alpha value is -1.98. The number of amides is 1. The van der Waals surface area contributed by atoms with Gasteiger partial charge in [0.25, 0.3) is 5.91 Å². The van der Waals surface area contributed by atoms with Crippen molar-refractivity contribution in [3.63, 3.8) is 0 Å². The lowest BCUT2D eigenvalue weighted by Gasteiger charge is -2.35. The van der Waals surface area contributed by atoms with Crippen molar-refractivity contribution < 1.29 is 14.6 Å². The third kappa shape index (κ3) is 3.67. The van der Waals surface area contributed by atoms with Crippen molar-refractivity contribution in [2.24, 2.45) is 0 Å². The lowest BCUT2D eigenvalue weighted by Crippen LogP contribution is -2.43. The van der Waals surface area contributed by atoms with Gasteiger partial charge >= 0.3 is 0 Å². The normalized spacial score (nSPS) is 19.2. The highest BCUT2D eigenvalue weighted by atomic mass is 32.2. The van der Waals surface area contributed by atoms with Gasteiger partial charge in [0.1, 0.15) is 11.4 Å². The van der Waals surface area contributed by atoms with E-state index in [2.05, 4.69) is 5.32 Å². The van der Waals surface area contributed by atoms with Crippen molar-refractivity contribution in [3.05, 3.63) is 59.2 Å². The zero-order valence-corrected chi connectivity index (χ0v) is 15.4. The number of hydrogen-bond acceptors (Lipinski definition) is 4. The van der Waals surface area contributed by atoms with E-state index in [0.29, 0.717) is 12.0 Å². The lowest BCUT2D eigenvalue weighted by molar-refractivity contribution is 0.0188. The van der Waals surface area contributed by atoms with E-state index >= 15 is 0 Å². The summed E-state index contributed by atoms with van der Waals surface area (Å²) in [4.78, 5) is 13.5. The molecule has 2 N–H and O–H groups in total. The number of benzene rings is 2. The number of thioether (sulfide) groups is 1. The monoisotopic (exact) mass is 357 g/mol. The third-order valence-electron chi connectivity index (χ3n) is 4.74. The average Bonchev–Trinajstić information content (AvgIpc) is 2.66. The third-order valence-corrected chi connectivity index (χ3v) is 5.54. The van der Waals surface area contributed by atoms with E-state index in [9.17, 15) is 9.90 Å². The second kappa shape index (κ2) is 7.50. The maximum atomic E-state index is 12.6. The summed E-state index contributed by atoms with van der Waals surface area (Å²) in [6, 6.07) is 13.3. The van der Waals surface area contributed by atoms with Gasteiger partial charge in [-0.25, -0.2) is 0 Å². The largest absolute Gasteiger partial charge is 0.497 e. The fourth-order valence-electron chi connectivity index (χ4n) is 3.40. The van der Waals surface area contributed by atoms with E-state index in [1.54, 1.807) is 7.11 Å². The van der Waals surface area contributed by atoms with Gasteiger partial charge in [-0.15, -0.1) is 11.8 Å². The van der Waals surface area contributed by atoms with Crippen LogP contribution in [0.3, 0.4) is 0 Å². The Morgan fingerprint density at radius 1 is 1.32 bits per heavy atom. The molecule has 2 aromatic carbocycles. The lowest BCUT2D eigenvalue weighted by atomic mass is 9.79. The molecule has 0 heterocycles. The van der Waals surface area contributed by atoms with E-state index in [1.165, 1.54) is 11.8 Å². The fourth-order valence-corrected chi connectivity index (χ4v) is 4.00. The first-order chi connectivity index (χ1) is 12.1. The van der Waals surface area contributed by atoms with Crippen molar-refractivity contribution >= 4 is 17.7 Å². The molecule has 1 unspecified atom stereocenters. The van der Waals surface area contributed by atoms with Gasteiger partial charge in [0.2, 0.25) is 0 Å². The van der Waals surface area contributed by atoms with E-state index in [1.807, 2.05) is 48.7 Å². The number of aryl methyl sites for hydroxylation is 1. The van der Waals surface area contributed by atoms with Crippen LogP contribution in [0.5, 0.6) is 5.75 Å². The molecular formula is C20H23NO3S. The van der Waals surface area contributed by atoms with Crippen LogP contribution in [0.1, 0.15) is 34.3 Å². The smallest absolute Gasteiger partial charge is 0.252 e. The molecule has 0 aliphatic heterocycles. The summed E-state index contributed by atoms with van der Waals surface area (Å²) < 4.78 is 5.28. The number of hydrogen-bond donors (Lipinski definition) is 2. The molecule has 4 nitrogen and oxygen atoms in total. The van der Waals surface area contributed by atoms with Gasteiger partial charge in [0.15, 0.2) is 0 Å². The van der Waals surface area contributed by atoms with Crippen LogP contribution >= 0.6 is 11.8 Å². The van der Waals surface area contributed by atoms with Crippen molar-refractivity contribution in [3.8, 4) is 5.75 Å². The van der Waals surface area contributed by atoms with Gasteiger partial charge in [-0.2, -0.15) is 0 Å². The molecule has 0 saturated carbocycles. The number of nitrogens with one attached hydrogen (secondary N) is 1. The number of carbonyl (C=O) groups is 1. The molecule has 0 saturated heterocycles. The summed E-state index contributed by atoms with van der Waals surface area (Å²) in [5, 5.41) is 14.1. The maximum absolute atomic E-state index is 12.6. The average molecular weight is 357 g/mol. The molecule has 1 aliphatic carbocycles. The van der Waals surface area contributed by atoms with Crippen molar-refractivity contribution in [2.45, 2.75) is 29.8 Å². The van der Waals surface area contributed by atoms with Crippen LogP contribution in [0, 0.1) is 0 Å². The number of fused-ring (bicyclic) bond motifs is 1. The molecule has 1 aliphatic rings. The van der Waals surface area contributed by atoms with E-state index < -0.39 is 5.60 Å². The van der Waals surface area contributed by atoms with Gasteiger partial charge in [0, 0.05) is 4.90 Å². The van der Waals surface area contributed by atoms with Gasteiger partial charge in [-0.3, -0.25) is 4.79 Å². The first-order valence-electron chi connectivity index (χ1n) is 8.38. The Labute approximate surface area is 152 Å². The van der Waals surface area contributed by atoms with Gasteiger partial charge in [-0.05, 0) is 60.9 Å². The zero-order valence-electron chi connectivity index (χ0n) is 14.5. The minimum Gasteiger partial charge on any atom is -0.497 e. The van der Waals surface area contributed by atoms with Crippen LogP contribution in [0.15, 0.2) is 47.4 Å². The molecule has 0 fully saturated rings. The van der Waals surface area contributed by atoms with E-state index in [4.69, 9.17) is 4.74 Å². The fraction of sp³-hybridized carbons (Fsp3) is 0.350. The predicted octanol–water partition coefficient (Wildman–Crippen LogP) is 3.37. The van der Waals surface area contributed by atoms with E-state index in [-0.39, 0.29) is 12.5 Å². The zero-order chi connectivity index (χ0) is 17.9. The van der Waals surface area contributed by atoms with Crippen molar-refractivity contribution in [1.29, 1.82) is 0 Å². The van der Waals surface area contributed by atoms with Crippen LogP contribution < -0.4 is 10.1 Å². The van der Waals surface area contributed by atoms with Crippen LogP contribution in [0.4, 0.5) is 0 Å². The van der Waals surface area contributed by atoms with Gasteiger partial charge < -0.3 is 15.2 Å². The maximum Gasteiger partial charge on any atom is 0.252 e. The summed E-state index contributed by atoms with van der Waals surface area (Å²) in [5.41, 5.74) is 1.58.